The van der Waals surface area contributed by atoms with Gasteiger partial charge in [-0.25, -0.2) is 0 Å². The summed E-state index contributed by atoms with van der Waals surface area (Å²) in [5.74, 6) is -1.02. The van der Waals surface area contributed by atoms with Crippen molar-refractivity contribution < 1.29 is 28.6 Å². The summed E-state index contributed by atoms with van der Waals surface area (Å²) in [6.07, 6.45) is 83.8. The van der Waals surface area contributed by atoms with Gasteiger partial charge in [0.05, 0.1) is 0 Å². The van der Waals surface area contributed by atoms with E-state index >= 15 is 0 Å². The molecule has 0 aliphatic carbocycles. The van der Waals surface area contributed by atoms with E-state index in [1.165, 1.54) is 12.8 Å². The Balaban J connectivity index is 4.47. The molecule has 0 aromatic rings. The molecule has 0 saturated carbocycles. The Kier molecular flexibility index (Phi) is 53.6. The zero-order chi connectivity index (χ0) is 51.4. The van der Waals surface area contributed by atoms with E-state index in [4.69, 9.17) is 14.2 Å². The molecule has 396 valence electrons. The van der Waals surface area contributed by atoms with Gasteiger partial charge in [-0.1, -0.05) is 211 Å². The van der Waals surface area contributed by atoms with Gasteiger partial charge in [0.2, 0.25) is 0 Å². The minimum absolute atomic E-state index is 0.120. The van der Waals surface area contributed by atoms with Gasteiger partial charge < -0.3 is 14.2 Å². The second-order valence-corrected chi connectivity index (χ2v) is 17.7. The first-order valence-corrected chi connectivity index (χ1v) is 28.0. The standard InChI is InChI=1S/C65H100O6/c1-4-7-10-13-16-19-22-25-27-28-29-30-31-32-33-34-35-36-38-40-43-46-49-52-55-58-64(67)70-61-62(60-69-63(66)57-54-51-48-45-42-39-24-21-18-15-12-9-6-3)71-65(68)59-56-53-50-47-44-41-37-26-23-20-17-14-11-8-5-2/h7-12,16-21,25-27,29-30,32-33,35-37,39,42,44,47,62H,4-6,13-15,22-24,28,31,34,38,40-41,43,45-46,48-61H2,1-3H3/b10-7-,11-8-,12-9-,19-16-,20-17-,21-18-,27-25-,30-29-,33-32-,36-35-,37-26-,42-39-,47-44-. The highest BCUT2D eigenvalue weighted by Crippen LogP contribution is 2.12. The first-order chi connectivity index (χ1) is 35.0. The number of hydrogen-bond donors (Lipinski definition) is 0. The van der Waals surface area contributed by atoms with Crippen molar-refractivity contribution >= 4 is 17.9 Å². The van der Waals surface area contributed by atoms with Crippen molar-refractivity contribution in [3.63, 3.8) is 0 Å². The maximum Gasteiger partial charge on any atom is 0.306 e. The van der Waals surface area contributed by atoms with Crippen LogP contribution < -0.4 is 0 Å². The van der Waals surface area contributed by atoms with Crippen LogP contribution in [0, 0.1) is 0 Å². The van der Waals surface area contributed by atoms with Gasteiger partial charge in [0.15, 0.2) is 6.10 Å². The van der Waals surface area contributed by atoms with Crippen LogP contribution in [-0.2, 0) is 28.6 Å². The molecule has 0 aromatic heterocycles. The predicted molar refractivity (Wildman–Crippen MR) is 306 cm³/mol. The molecule has 0 bridgehead atoms. The van der Waals surface area contributed by atoms with Crippen LogP contribution in [0.3, 0.4) is 0 Å². The van der Waals surface area contributed by atoms with Gasteiger partial charge >= 0.3 is 17.9 Å². The number of carbonyl (C=O) groups excluding carboxylic acids is 3. The summed E-state index contributed by atoms with van der Waals surface area (Å²) in [4.78, 5) is 38.1. The van der Waals surface area contributed by atoms with E-state index in [-0.39, 0.29) is 37.5 Å². The van der Waals surface area contributed by atoms with Crippen molar-refractivity contribution in [2.75, 3.05) is 13.2 Å². The highest BCUT2D eigenvalue weighted by molar-refractivity contribution is 5.71. The molecule has 6 nitrogen and oxygen atoms in total. The minimum atomic E-state index is -0.826. The van der Waals surface area contributed by atoms with E-state index in [1.54, 1.807) is 0 Å². The van der Waals surface area contributed by atoms with E-state index in [9.17, 15) is 14.4 Å². The lowest BCUT2D eigenvalue weighted by Gasteiger charge is -2.18. The number of unbranched alkanes of at least 4 members (excludes halogenated alkanes) is 11. The summed E-state index contributed by atoms with van der Waals surface area (Å²) in [5.41, 5.74) is 0. The summed E-state index contributed by atoms with van der Waals surface area (Å²) in [7, 11) is 0. The number of carbonyl (C=O) groups is 3. The summed E-state index contributed by atoms with van der Waals surface area (Å²) in [5, 5.41) is 0. The van der Waals surface area contributed by atoms with Crippen molar-refractivity contribution in [2.45, 2.75) is 219 Å². The van der Waals surface area contributed by atoms with Crippen molar-refractivity contribution in [3.05, 3.63) is 158 Å². The van der Waals surface area contributed by atoms with Crippen LogP contribution in [0.25, 0.3) is 0 Å². The van der Waals surface area contributed by atoms with Crippen molar-refractivity contribution in [3.8, 4) is 0 Å². The average molecular weight is 978 g/mol. The normalized spacial score (nSPS) is 13.3. The largest absolute Gasteiger partial charge is 0.462 e. The smallest absolute Gasteiger partial charge is 0.306 e. The summed E-state index contributed by atoms with van der Waals surface area (Å²) in [6.45, 7) is 6.20. The lowest BCUT2D eigenvalue weighted by Crippen LogP contribution is -2.30. The quantitative estimate of drug-likeness (QED) is 0.0262. The van der Waals surface area contributed by atoms with Crippen LogP contribution in [0.1, 0.15) is 213 Å². The SMILES string of the molecule is CC/C=C\C/C=C\C/C=C\C/C=C\C/C=C\C/C=C\CCCCCCCCC(=O)OCC(COC(=O)CCCCC/C=C\C/C=C\C/C=C\CC)OC(=O)CCCC/C=C\C/C=C\C/C=C\C/C=C\CC. The van der Waals surface area contributed by atoms with Crippen molar-refractivity contribution in [1.29, 1.82) is 0 Å². The molecule has 0 N–H and O–H groups in total. The molecule has 0 saturated heterocycles. The van der Waals surface area contributed by atoms with Crippen LogP contribution in [0.4, 0.5) is 0 Å². The lowest BCUT2D eigenvalue weighted by atomic mass is 10.1. The number of rotatable bonds is 48. The second-order valence-electron chi connectivity index (χ2n) is 17.7. The molecule has 0 spiro atoms. The summed E-state index contributed by atoms with van der Waals surface area (Å²) < 4.78 is 16.8. The predicted octanol–water partition coefficient (Wildman–Crippen LogP) is 19.0. The monoisotopic (exact) mass is 977 g/mol. The third-order valence-electron chi connectivity index (χ3n) is 11.0. The molecular formula is C65H100O6. The Morgan fingerprint density at radius 3 is 0.831 bits per heavy atom. The van der Waals surface area contributed by atoms with Gasteiger partial charge in [0.25, 0.3) is 0 Å². The second kappa shape index (κ2) is 57.6. The molecule has 0 heterocycles. The zero-order valence-corrected chi connectivity index (χ0v) is 45.2. The molecule has 0 aliphatic heterocycles. The lowest BCUT2D eigenvalue weighted by molar-refractivity contribution is -0.167. The van der Waals surface area contributed by atoms with Gasteiger partial charge in [-0.2, -0.15) is 0 Å². The van der Waals surface area contributed by atoms with Gasteiger partial charge in [0, 0.05) is 19.3 Å². The topological polar surface area (TPSA) is 78.9 Å². The first kappa shape index (κ1) is 66.0. The fourth-order valence-corrected chi connectivity index (χ4v) is 6.92. The Hall–Kier alpha value is -4.97. The Morgan fingerprint density at radius 1 is 0.282 bits per heavy atom. The van der Waals surface area contributed by atoms with Crippen molar-refractivity contribution in [1.82, 2.24) is 0 Å². The minimum Gasteiger partial charge on any atom is -0.462 e. The van der Waals surface area contributed by atoms with E-state index in [2.05, 4.69) is 179 Å². The molecular weight excluding hydrogens is 877 g/mol. The van der Waals surface area contributed by atoms with Gasteiger partial charge in [0.1, 0.15) is 13.2 Å². The molecule has 1 atom stereocenters. The third kappa shape index (κ3) is 55.8. The van der Waals surface area contributed by atoms with Crippen LogP contribution in [0.5, 0.6) is 0 Å². The van der Waals surface area contributed by atoms with E-state index in [0.717, 1.165) is 154 Å². The molecule has 0 aliphatic rings. The first-order valence-electron chi connectivity index (χ1n) is 28.0. The fraction of sp³-hybridized carbons (Fsp3) is 0.554. The van der Waals surface area contributed by atoms with Gasteiger partial charge in [-0.05, 0) is 141 Å². The maximum atomic E-state index is 12.8. The third-order valence-corrected chi connectivity index (χ3v) is 11.0. The molecule has 0 aromatic carbocycles. The molecule has 1 unspecified atom stereocenters. The molecule has 0 radical (unpaired) electrons. The summed E-state index contributed by atoms with van der Waals surface area (Å²) in [6, 6.07) is 0. The number of hydrogen-bond acceptors (Lipinski definition) is 6. The molecule has 0 fully saturated rings. The highest BCUT2D eigenvalue weighted by Gasteiger charge is 2.19. The Labute approximate surface area is 435 Å². The number of allylic oxidation sites excluding steroid dienone is 26. The number of ether oxygens (including phenoxy) is 3. The zero-order valence-electron chi connectivity index (χ0n) is 45.2. The molecule has 0 amide bonds. The molecule has 6 heteroatoms. The van der Waals surface area contributed by atoms with E-state index in [0.29, 0.717) is 19.3 Å². The van der Waals surface area contributed by atoms with E-state index < -0.39 is 6.10 Å². The molecule has 0 rings (SSSR count). The average Bonchev–Trinajstić information content (AvgIpc) is 3.37. The van der Waals surface area contributed by atoms with E-state index in [1.807, 2.05) is 0 Å². The highest BCUT2D eigenvalue weighted by atomic mass is 16.6. The molecule has 71 heavy (non-hydrogen) atoms. The fourth-order valence-electron chi connectivity index (χ4n) is 6.92. The Bertz CT molecular complexity index is 1640. The Morgan fingerprint density at radius 2 is 0.507 bits per heavy atom. The number of esters is 3. The maximum absolute atomic E-state index is 12.8. The van der Waals surface area contributed by atoms with Gasteiger partial charge in [-0.15, -0.1) is 0 Å². The van der Waals surface area contributed by atoms with Gasteiger partial charge in [-0.3, -0.25) is 14.4 Å². The van der Waals surface area contributed by atoms with Crippen molar-refractivity contribution in [2.24, 2.45) is 0 Å². The van der Waals surface area contributed by atoms with Crippen LogP contribution in [0.15, 0.2) is 158 Å². The van der Waals surface area contributed by atoms with Crippen LogP contribution in [-0.4, -0.2) is 37.2 Å². The van der Waals surface area contributed by atoms with Crippen LogP contribution in [0.2, 0.25) is 0 Å². The summed E-state index contributed by atoms with van der Waals surface area (Å²) >= 11 is 0. The van der Waals surface area contributed by atoms with Crippen LogP contribution >= 0.6 is 0 Å².